The van der Waals surface area contributed by atoms with Gasteiger partial charge in [-0.3, -0.25) is 9.36 Å². The second-order valence-corrected chi connectivity index (χ2v) is 8.23. The molecule has 1 atom stereocenters. The molecule has 0 saturated heterocycles. The summed E-state index contributed by atoms with van der Waals surface area (Å²) in [7, 11) is 0. The lowest BCUT2D eigenvalue weighted by molar-refractivity contribution is 0.251. The van der Waals surface area contributed by atoms with Crippen LogP contribution in [-0.4, -0.2) is 38.8 Å². The summed E-state index contributed by atoms with van der Waals surface area (Å²) in [5, 5.41) is 18.0. The summed E-state index contributed by atoms with van der Waals surface area (Å²) in [6, 6.07) is 12.2. The van der Waals surface area contributed by atoms with Gasteiger partial charge in [0.2, 0.25) is 0 Å². The molecule has 4 aromatic rings. The lowest BCUT2D eigenvalue weighted by Gasteiger charge is -2.21. The lowest BCUT2D eigenvalue weighted by atomic mass is 10.2. The molecule has 0 saturated carbocycles. The number of benzene rings is 2. The Balaban J connectivity index is 1.85. The first-order valence-electron chi connectivity index (χ1n) is 11.0. The number of aromatic nitrogens is 4. The van der Waals surface area contributed by atoms with Crippen molar-refractivity contribution < 1.29 is 9.18 Å². The summed E-state index contributed by atoms with van der Waals surface area (Å²) in [5.74, 6) is 0.460. The summed E-state index contributed by atoms with van der Waals surface area (Å²) >= 11 is 6.36. The first kappa shape index (κ1) is 25.3. The van der Waals surface area contributed by atoms with E-state index in [2.05, 4.69) is 25.9 Å². The van der Waals surface area contributed by atoms with Crippen molar-refractivity contribution in [1.29, 1.82) is 5.26 Å². The van der Waals surface area contributed by atoms with Crippen molar-refractivity contribution in [2.24, 2.45) is 0 Å². The van der Waals surface area contributed by atoms with E-state index in [9.17, 15) is 19.2 Å². The van der Waals surface area contributed by atoms with Gasteiger partial charge in [-0.25, -0.2) is 24.1 Å². The summed E-state index contributed by atoms with van der Waals surface area (Å²) in [5.41, 5.74) is 6.54. The van der Waals surface area contributed by atoms with Gasteiger partial charge in [-0.1, -0.05) is 23.7 Å². The normalized spacial score (nSPS) is 11.5. The number of hydrogen-bond acceptors (Lipinski definition) is 8. The maximum Gasteiger partial charge on any atom is 0.319 e. The summed E-state index contributed by atoms with van der Waals surface area (Å²) < 4.78 is 13.7. The van der Waals surface area contributed by atoms with Crippen molar-refractivity contribution in [2.75, 3.05) is 29.6 Å². The first-order valence-corrected chi connectivity index (χ1v) is 11.4. The van der Waals surface area contributed by atoms with Crippen LogP contribution in [0.1, 0.15) is 24.4 Å². The van der Waals surface area contributed by atoms with Gasteiger partial charge in [0, 0.05) is 12.2 Å². The predicted molar refractivity (Wildman–Crippen MR) is 139 cm³/mol. The standard InChI is InChI=1S/C24H21ClFN9O2/c1-13(32-21-16(11-27)20(28)30-12-31-21)22-34-18-7-3-6-17(25)19(18)23(36)35(22)15-5-2-4-14(10-15)33-24(37)29-9-8-26/h2-7,10,12-13H,8-9H2,1H3,(H2,29,33,37)(H3,28,30,31,32). The Labute approximate surface area is 215 Å². The van der Waals surface area contributed by atoms with Crippen LogP contribution in [0, 0.1) is 11.3 Å². The van der Waals surface area contributed by atoms with Crippen molar-refractivity contribution in [1.82, 2.24) is 24.8 Å². The van der Waals surface area contributed by atoms with Gasteiger partial charge in [0.1, 0.15) is 42.1 Å². The van der Waals surface area contributed by atoms with Gasteiger partial charge in [0.05, 0.1) is 27.7 Å². The van der Waals surface area contributed by atoms with E-state index in [1.165, 1.54) is 10.9 Å². The highest BCUT2D eigenvalue weighted by Gasteiger charge is 2.21. The zero-order valence-corrected chi connectivity index (χ0v) is 20.3. The number of nitrogens with two attached hydrogens (primary N) is 1. The number of alkyl halides is 1. The van der Waals surface area contributed by atoms with Crippen LogP contribution < -0.4 is 27.2 Å². The van der Waals surface area contributed by atoms with Crippen molar-refractivity contribution in [2.45, 2.75) is 13.0 Å². The van der Waals surface area contributed by atoms with Crippen molar-refractivity contribution in [3.63, 3.8) is 0 Å². The van der Waals surface area contributed by atoms with E-state index in [4.69, 9.17) is 22.3 Å². The minimum atomic E-state index is -0.702. The minimum Gasteiger partial charge on any atom is -0.382 e. The van der Waals surface area contributed by atoms with E-state index in [-0.39, 0.29) is 40.0 Å². The second-order valence-electron chi connectivity index (χ2n) is 7.83. The van der Waals surface area contributed by atoms with Crippen LogP contribution in [0.3, 0.4) is 0 Å². The quantitative estimate of drug-likeness (QED) is 0.287. The van der Waals surface area contributed by atoms with Gasteiger partial charge in [0.25, 0.3) is 5.56 Å². The SMILES string of the molecule is CC(Nc1ncnc(N)c1C#N)c1nc2cccc(Cl)c2c(=O)n1-c1cccc(NC(=O)NCCF)c1. The van der Waals surface area contributed by atoms with Gasteiger partial charge in [-0.2, -0.15) is 5.26 Å². The lowest BCUT2D eigenvalue weighted by Crippen LogP contribution is -2.30. The van der Waals surface area contributed by atoms with Crippen LogP contribution in [-0.2, 0) is 0 Å². The van der Waals surface area contributed by atoms with Crippen molar-refractivity contribution in [3.8, 4) is 11.8 Å². The van der Waals surface area contributed by atoms with Gasteiger partial charge >= 0.3 is 6.03 Å². The van der Waals surface area contributed by atoms with Crippen molar-refractivity contribution >= 4 is 45.9 Å². The molecular weight excluding hydrogens is 501 g/mol. The largest absolute Gasteiger partial charge is 0.382 e. The van der Waals surface area contributed by atoms with E-state index < -0.39 is 24.3 Å². The molecule has 5 N–H and O–H groups in total. The number of rotatable bonds is 7. The number of nitrogens with zero attached hydrogens (tertiary/aromatic N) is 5. The van der Waals surface area contributed by atoms with Gasteiger partial charge in [0.15, 0.2) is 0 Å². The van der Waals surface area contributed by atoms with E-state index in [1.54, 1.807) is 49.4 Å². The Kier molecular flexibility index (Phi) is 7.45. The number of carbonyl (C=O) groups is 1. The molecule has 4 rings (SSSR count). The highest BCUT2D eigenvalue weighted by Crippen LogP contribution is 2.26. The monoisotopic (exact) mass is 521 g/mol. The highest BCUT2D eigenvalue weighted by atomic mass is 35.5. The third-order valence-electron chi connectivity index (χ3n) is 5.34. The molecule has 2 heterocycles. The predicted octanol–water partition coefficient (Wildman–Crippen LogP) is 3.55. The zero-order valence-electron chi connectivity index (χ0n) is 19.5. The molecule has 13 heteroatoms. The molecule has 0 bridgehead atoms. The molecule has 2 aromatic carbocycles. The van der Waals surface area contributed by atoms with Crippen LogP contribution in [0.2, 0.25) is 5.02 Å². The summed E-state index contributed by atoms with van der Waals surface area (Å²) in [6.07, 6.45) is 1.22. The molecule has 0 aliphatic heterocycles. The maximum absolute atomic E-state index is 13.8. The fraction of sp³-hybridized carbons (Fsp3) is 0.167. The Morgan fingerprint density at radius 3 is 2.81 bits per heavy atom. The number of nitrogen functional groups attached to an aromatic ring is 1. The molecule has 0 radical (unpaired) electrons. The van der Waals surface area contributed by atoms with E-state index in [0.717, 1.165) is 0 Å². The van der Waals surface area contributed by atoms with Crippen LogP contribution >= 0.6 is 11.6 Å². The summed E-state index contributed by atoms with van der Waals surface area (Å²) in [4.78, 5) is 38.4. The fourth-order valence-electron chi connectivity index (χ4n) is 3.69. The molecule has 2 amide bonds. The number of anilines is 3. The number of halogens is 2. The smallest absolute Gasteiger partial charge is 0.319 e. The van der Waals surface area contributed by atoms with Crippen LogP contribution in [0.15, 0.2) is 53.6 Å². The highest BCUT2D eigenvalue weighted by molar-refractivity contribution is 6.35. The topological polar surface area (TPSA) is 164 Å². The average molecular weight is 522 g/mol. The number of nitrogens with one attached hydrogen (secondary N) is 3. The molecule has 1 unspecified atom stereocenters. The molecule has 0 aliphatic rings. The molecule has 188 valence electrons. The van der Waals surface area contributed by atoms with Gasteiger partial charge in [-0.05, 0) is 37.3 Å². The van der Waals surface area contributed by atoms with E-state index in [1.807, 2.05) is 6.07 Å². The number of urea groups is 1. The molecule has 11 nitrogen and oxygen atoms in total. The maximum atomic E-state index is 13.8. The number of hydrogen-bond donors (Lipinski definition) is 4. The summed E-state index contributed by atoms with van der Waals surface area (Å²) in [6.45, 7) is 0.899. The molecular formula is C24H21ClFN9O2. The van der Waals surface area contributed by atoms with Gasteiger partial charge in [-0.15, -0.1) is 0 Å². The molecule has 0 spiro atoms. The third-order valence-corrected chi connectivity index (χ3v) is 5.66. The van der Waals surface area contributed by atoms with Crippen LogP contribution in [0.25, 0.3) is 16.6 Å². The first-order chi connectivity index (χ1) is 17.8. The Morgan fingerprint density at radius 1 is 1.27 bits per heavy atom. The molecule has 0 aliphatic carbocycles. The Morgan fingerprint density at radius 2 is 2.05 bits per heavy atom. The average Bonchev–Trinajstić information content (AvgIpc) is 2.87. The number of nitriles is 1. The van der Waals surface area contributed by atoms with E-state index >= 15 is 0 Å². The zero-order chi connectivity index (χ0) is 26.5. The molecule has 0 fully saturated rings. The Hall–Kier alpha value is -4.76. The van der Waals surface area contributed by atoms with Crippen LogP contribution in [0.5, 0.6) is 0 Å². The number of carbonyl (C=O) groups excluding carboxylic acids is 1. The van der Waals surface area contributed by atoms with E-state index in [0.29, 0.717) is 16.9 Å². The van der Waals surface area contributed by atoms with Crippen molar-refractivity contribution in [3.05, 3.63) is 75.6 Å². The Bertz CT molecular complexity index is 1590. The number of amides is 2. The third kappa shape index (κ3) is 5.26. The van der Waals surface area contributed by atoms with Gasteiger partial charge < -0.3 is 21.7 Å². The minimum absolute atomic E-state index is 0.00709. The second kappa shape index (κ2) is 10.9. The number of fused-ring (bicyclic) bond motifs is 1. The fourth-order valence-corrected chi connectivity index (χ4v) is 3.94. The molecule has 37 heavy (non-hydrogen) atoms. The molecule has 2 aromatic heterocycles. The van der Waals surface area contributed by atoms with Crippen LogP contribution in [0.4, 0.5) is 26.5 Å².